The molecule has 5 heteroatoms. The lowest BCUT2D eigenvalue weighted by atomic mass is 10.2. The molecule has 0 bridgehead atoms. The van der Waals surface area contributed by atoms with Gasteiger partial charge in [-0.3, -0.25) is 4.79 Å². The predicted molar refractivity (Wildman–Crippen MR) is 75.4 cm³/mol. The third kappa shape index (κ3) is 2.57. The van der Waals surface area contributed by atoms with Crippen molar-refractivity contribution < 1.29 is 4.79 Å². The SMILES string of the molecule is N[C@@H]1CCN(C(=O)c2cc(I)ccc2Br)C1. The maximum atomic E-state index is 12.2. The number of likely N-dealkylation sites (tertiary alicyclic amines) is 1. The molecule has 2 rings (SSSR count). The summed E-state index contributed by atoms with van der Waals surface area (Å²) < 4.78 is 1.91. The number of hydrogen-bond donors (Lipinski definition) is 1. The predicted octanol–water partition coefficient (Wildman–Crippen LogP) is 2.23. The van der Waals surface area contributed by atoms with Crippen LogP contribution in [0.5, 0.6) is 0 Å². The average Bonchev–Trinajstić information content (AvgIpc) is 2.67. The normalized spacial score (nSPS) is 20.2. The Balaban J connectivity index is 2.23. The van der Waals surface area contributed by atoms with Gasteiger partial charge in [0.05, 0.1) is 5.56 Å². The molecule has 1 aromatic carbocycles. The van der Waals surface area contributed by atoms with E-state index in [0.717, 1.165) is 26.6 Å². The van der Waals surface area contributed by atoms with Crippen molar-refractivity contribution in [3.05, 3.63) is 31.8 Å². The molecule has 1 aromatic rings. The number of carbonyl (C=O) groups is 1. The maximum Gasteiger partial charge on any atom is 0.255 e. The molecule has 0 aromatic heterocycles. The van der Waals surface area contributed by atoms with Crippen LogP contribution in [0.1, 0.15) is 16.8 Å². The minimum absolute atomic E-state index is 0.0679. The fraction of sp³-hybridized carbons (Fsp3) is 0.364. The molecular formula is C11H12BrIN2O. The number of rotatable bonds is 1. The number of benzene rings is 1. The van der Waals surface area contributed by atoms with E-state index in [9.17, 15) is 4.79 Å². The molecule has 86 valence electrons. The summed E-state index contributed by atoms with van der Waals surface area (Å²) in [6, 6.07) is 5.91. The molecule has 1 atom stereocenters. The summed E-state index contributed by atoms with van der Waals surface area (Å²) in [7, 11) is 0. The monoisotopic (exact) mass is 394 g/mol. The third-order valence-electron chi connectivity index (χ3n) is 2.67. The van der Waals surface area contributed by atoms with Crippen molar-refractivity contribution in [2.45, 2.75) is 12.5 Å². The molecule has 1 aliphatic heterocycles. The highest BCUT2D eigenvalue weighted by atomic mass is 127. The van der Waals surface area contributed by atoms with Gasteiger partial charge in [0.15, 0.2) is 0 Å². The van der Waals surface area contributed by atoms with Gasteiger partial charge in [0.25, 0.3) is 5.91 Å². The molecular weight excluding hydrogens is 383 g/mol. The Morgan fingerprint density at radius 1 is 1.56 bits per heavy atom. The molecule has 0 radical (unpaired) electrons. The molecule has 3 nitrogen and oxygen atoms in total. The molecule has 0 spiro atoms. The smallest absolute Gasteiger partial charge is 0.255 e. The molecule has 2 N–H and O–H groups in total. The van der Waals surface area contributed by atoms with Gasteiger partial charge in [0, 0.05) is 27.2 Å². The van der Waals surface area contributed by atoms with E-state index in [-0.39, 0.29) is 11.9 Å². The van der Waals surface area contributed by atoms with Crippen LogP contribution in [0.4, 0.5) is 0 Å². The van der Waals surface area contributed by atoms with Crippen LogP contribution in [0.15, 0.2) is 22.7 Å². The topological polar surface area (TPSA) is 46.3 Å². The molecule has 0 aliphatic carbocycles. The molecule has 1 heterocycles. The Bertz CT molecular complexity index is 424. The first-order valence-electron chi connectivity index (χ1n) is 5.08. The van der Waals surface area contributed by atoms with Crippen molar-refractivity contribution in [3.63, 3.8) is 0 Å². The standard InChI is InChI=1S/C11H12BrIN2O/c12-10-2-1-7(13)5-9(10)11(16)15-4-3-8(14)6-15/h1-2,5,8H,3-4,6,14H2/t8-/m1/s1. The maximum absolute atomic E-state index is 12.2. The van der Waals surface area contributed by atoms with Gasteiger partial charge in [-0.1, -0.05) is 0 Å². The Hall–Kier alpha value is -0.140. The first-order valence-corrected chi connectivity index (χ1v) is 6.95. The van der Waals surface area contributed by atoms with E-state index in [1.807, 2.05) is 23.1 Å². The van der Waals surface area contributed by atoms with Crippen LogP contribution in [0.2, 0.25) is 0 Å². The molecule has 0 saturated carbocycles. The number of hydrogen-bond acceptors (Lipinski definition) is 2. The summed E-state index contributed by atoms with van der Waals surface area (Å²) in [4.78, 5) is 14.0. The van der Waals surface area contributed by atoms with Gasteiger partial charge in [0.1, 0.15) is 0 Å². The van der Waals surface area contributed by atoms with Crippen LogP contribution in [0, 0.1) is 3.57 Å². The van der Waals surface area contributed by atoms with Gasteiger partial charge >= 0.3 is 0 Å². The van der Waals surface area contributed by atoms with Crippen LogP contribution < -0.4 is 5.73 Å². The lowest BCUT2D eigenvalue weighted by Crippen LogP contribution is -2.32. The quantitative estimate of drug-likeness (QED) is 0.742. The van der Waals surface area contributed by atoms with Gasteiger partial charge < -0.3 is 10.6 Å². The zero-order valence-electron chi connectivity index (χ0n) is 8.62. The Kier molecular flexibility index (Phi) is 3.86. The highest BCUT2D eigenvalue weighted by Gasteiger charge is 2.25. The third-order valence-corrected chi connectivity index (χ3v) is 4.03. The largest absolute Gasteiger partial charge is 0.337 e. The number of nitrogens with zero attached hydrogens (tertiary/aromatic N) is 1. The van der Waals surface area contributed by atoms with E-state index in [1.165, 1.54) is 0 Å². The van der Waals surface area contributed by atoms with Crippen molar-refractivity contribution in [3.8, 4) is 0 Å². The number of halogens is 2. The van der Waals surface area contributed by atoms with Crippen LogP contribution in [0.3, 0.4) is 0 Å². The van der Waals surface area contributed by atoms with E-state index in [1.54, 1.807) is 0 Å². The fourth-order valence-corrected chi connectivity index (χ4v) is 2.71. The summed E-state index contributed by atoms with van der Waals surface area (Å²) in [5.41, 5.74) is 6.53. The van der Waals surface area contributed by atoms with Crippen molar-refractivity contribution in [1.29, 1.82) is 0 Å². The van der Waals surface area contributed by atoms with Crippen LogP contribution in [-0.4, -0.2) is 29.9 Å². The second kappa shape index (κ2) is 5.01. The van der Waals surface area contributed by atoms with Crippen molar-refractivity contribution >= 4 is 44.4 Å². The van der Waals surface area contributed by atoms with Gasteiger partial charge in [-0.05, 0) is 63.1 Å². The minimum atomic E-state index is 0.0679. The molecule has 1 saturated heterocycles. The molecule has 1 fully saturated rings. The summed E-state index contributed by atoms with van der Waals surface area (Å²) in [6.45, 7) is 1.43. The van der Waals surface area contributed by atoms with E-state index >= 15 is 0 Å². The lowest BCUT2D eigenvalue weighted by molar-refractivity contribution is 0.0790. The highest BCUT2D eigenvalue weighted by molar-refractivity contribution is 14.1. The molecule has 0 unspecified atom stereocenters. The Morgan fingerprint density at radius 2 is 2.31 bits per heavy atom. The van der Waals surface area contributed by atoms with Crippen molar-refractivity contribution in [1.82, 2.24) is 4.90 Å². The van der Waals surface area contributed by atoms with E-state index in [4.69, 9.17) is 5.73 Å². The van der Waals surface area contributed by atoms with Crippen molar-refractivity contribution in [2.24, 2.45) is 5.73 Å². The lowest BCUT2D eigenvalue weighted by Gasteiger charge is -2.16. The summed E-state index contributed by atoms with van der Waals surface area (Å²) in [5, 5.41) is 0. The fourth-order valence-electron chi connectivity index (χ4n) is 1.80. The van der Waals surface area contributed by atoms with Gasteiger partial charge in [-0.15, -0.1) is 0 Å². The summed E-state index contributed by atoms with van der Waals surface area (Å²) in [5.74, 6) is 0.0679. The van der Waals surface area contributed by atoms with Gasteiger partial charge in [0.2, 0.25) is 0 Å². The highest BCUT2D eigenvalue weighted by Crippen LogP contribution is 2.22. The van der Waals surface area contributed by atoms with Crippen molar-refractivity contribution in [2.75, 3.05) is 13.1 Å². The average molecular weight is 395 g/mol. The van der Waals surface area contributed by atoms with Crippen LogP contribution >= 0.6 is 38.5 Å². The zero-order valence-corrected chi connectivity index (χ0v) is 12.4. The zero-order chi connectivity index (χ0) is 11.7. The van der Waals surface area contributed by atoms with Gasteiger partial charge in [-0.25, -0.2) is 0 Å². The Labute approximate surface area is 117 Å². The minimum Gasteiger partial charge on any atom is -0.337 e. The second-order valence-electron chi connectivity index (χ2n) is 3.92. The van der Waals surface area contributed by atoms with E-state index in [2.05, 4.69) is 38.5 Å². The second-order valence-corrected chi connectivity index (χ2v) is 6.02. The van der Waals surface area contributed by atoms with E-state index < -0.39 is 0 Å². The van der Waals surface area contributed by atoms with Crippen LogP contribution in [0.25, 0.3) is 0 Å². The Morgan fingerprint density at radius 3 is 2.94 bits per heavy atom. The first-order chi connectivity index (χ1) is 7.58. The molecule has 1 amide bonds. The van der Waals surface area contributed by atoms with Gasteiger partial charge in [-0.2, -0.15) is 0 Å². The molecule has 1 aliphatic rings. The number of amides is 1. The first kappa shape index (κ1) is 12.3. The summed E-state index contributed by atoms with van der Waals surface area (Å²) >= 11 is 5.62. The summed E-state index contributed by atoms with van der Waals surface area (Å²) in [6.07, 6.45) is 0.896. The number of carbonyl (C=O) groups excluding carboxylic acids is 1. The molecule has 16 heavy (non-hydrogen) atoms. The van der Waals surface area contributed by atoms with E-state index in [0.29, 0.717) is 6.54 Å². The number of nitrogens with two attached hydrogens (primary N) is 1. The van der Waals surface area contributed by atoms with Crippen LogP contribution in [-0.2, 0) is 0 Å².